The molecule has 1 aromatic carbocycles. The molecule has 108 valence electrons. The van der Waals surface area contributed by atoms with Gasteiger partial charge in [0.1, 0.15) is 0 Å². The number of hydrogen-bond donors (Lipinski definition) is 0. The molecule has 0 heterocycles. The van der Waals surface area contributed by atoms with Gasteiger partial charge in [-0.3, -0.25) is 0 Å². The van der Waals surface area contributed by atoms with Gasteiger partial charge < -0.3 is 4.74 Å². The Bertz CT molecular complexity index is 599. The van der Waals surface area contributed by atoms with Crippen molar-refractivity contribution in [3.63, 3.8) is 0 Å². The molecule has 0 saturated carbocycles. The van der Waals surface area contributed by atoms with Crippen molar-refractivity contribution in [3.05, 3.63) is 42.0 Å². The molecule has 1 aliphatic carbocycles. The van der Waals surface area contributed by atoms with E-state index in [9.17, 15) is 13.2 Å². The van der Waals surface area contributed by atoms with E-state index in [0.29, 0.717) is 18.6 Å². The topological polar surface area (TPSA) is 60.4 Å². The maximum absolute atomic E-state index is 12.4. The van der Waals surface area contributed by atoms with Gasteiger partial charge in [0.15, 0.2) is 9.84 Å². The maximum atomic E-state index is 12.4. The second kappa shape index (κ2) is 6.22. The van der Waals surface area contributed by atoms with E-state index in [1.165, 1.54) is 24.3 Å². The Balaban J connectivity index is 2.23. The number of sulfone groups is 1. The van der Waals surface area contributed by atoms with Gasteiger partial charge in [-0.15, -0.1) is 0 Å². The Kier molecular flexibility index (Phi) is 4.60. The zero-order valence-corrected chi connectivity index (χ0v) is 12.2. The van der Waals surface area contributed by atoms with E-state index in [4.69, 9.17) is 4.74 Å². The van der Waals surface area contributed by atoms with Crippen LogP contribution in [-0.4, -0.2) is 26.2 Å². The largest absolute Gasteiger partial charge is 0.462 e. The van der Waals surface area contributed by atoms with Gasteiger partial charge in [-0.25, -0.2) is 13.2 Å². The van der Waals surface area contributed by atoms with Crippen LogP contribution in [0.4, 0.5) is 0 Å². The van der Waals surface area contributed by atoms with Crippen LogP contribution in [0.25, 0.3) is 0 Å². The lowest BCUT2D eigenvalue weighted by atomic mass is 10.1. The van der Waals surface area contributed by atoms with Gasteiger partial charge in [0.2, 0.25) is 0 Å². The summed E-state index contributed by atoms with van der Waals surface area (Å²) in [4.78, 5) is 11.8. The van der Waals surface area contributed by atoms with Crippen LogP contribution in [-0.2, 0) is 14.6 Å². The minimum absolute atomic E-state index is 0.252. The molecule has 0 fully saturated rings. The molecule has 0 aliphatic heterocycles. The molecule has 4 nitrogen and oxygen atoms in total. The molecule has 0 bridgehead atoms. The predicted octanol–water partition coefficient (Wildman–Crippen LogP) is 2.75. The average molecular weight is 294 g/mol. The van der Waals surface area contributed by atoms with E-state index in [2.05, 4.69) is 0 Å². The van der Waals surface area contributed by atoms with Crippen molar-refractivity contribution >= 4 is 15.8 Å². The van der Waals surface area contributed by atoms with Crippen molar-refractivity contribution in [2.24, 2.45) is 0 Å². The van der Waals surface area contributed by atoms with E-state index >= 15 is 0 Å². The number of carbonyl (C=O) groups is 1. The van der Waals surface area contributed by atoms with E-state index in [1.807, 2.05) is 6.08 Å². The molecule has 5 heteroatoms. The summed E-state index contributed by atoms with van der Waals surface area (Å²) in [5.74, 6) is -0.436. The Labute approximate surface area is 119 Å². The lowest BCUT2D eigenvalue weighted by Gasteiger charge is -2.17. The molecule has 1 aliphatic rings. The van der Waals surface area contributed by atoms with E-state index in [-0.39, 0.29) is 4.90 Å². The summed E-state index contributed by atoms with van der Waals surface area (Å²) >= 11 is 0. The summed E-state index contributed by atoms with van der Waals surface area (Å²) < 4.78 is 29.7. The number of benzene rings is 1. The number of allylic oxidation sites excluding steroid dienone is 1. The Morgan fingerprint density at radius 1 is 1.30 bits per heavy atom. The van der Waals surface area contributed by atoms with Gasteiger partial charge in [0.05, 0.1) is 22.3 Å². The standard InChI is InChI=1S/C15H18O4S/c1-2-19-15(16)12-8-10-14(11-9-12)20(17,18)13-6-4-3-5-7-13/h4,6,8-11,13H,2-3,5,7H2,1H3. The summed E-state index contributed by atoms with van der Waals surface area (Å²) in [7, 11) is -3.36. The van der Waals surface area contributed by atoms with Crippen LogP contribution in [0.3, 0.4) is 0 Å². The minimum atomic E-state index is -3.36. The molecule has 1 unspecified atom stereocenters. The van der Waals surface area contributed by atoms with E-state index < -0.39 is 21.1 Å². The smallest absolute Gasteiger partial charge is 0.338 e. The Hall–Kier alpha value is -1.62. The molecule has 0 radical (unpaired) electrons. The van der Waals surface area contributed by atoms with Crippen molar-refractivity contribution in [3.8, 4) is 0 Å². The first-order valence-electron chi connectivity index (χ1n) is 6.73. The average Bonchev–Trinajstić information content (AvgIpc) is 2.48. The summed E-state index contributed by atoms with van der Waals surface area (Å²) in [6.45, 7) is 2.03. The normalized spacial score (nSPS) is 18.8. The van der Waals surface area contributed by atoms with Gasteiger partial charge in [-0.2, -0.15) is 0 Å². The van der Waals surface area contributed by atoms with Gasteiger partial charge in [0, 0.05) is 0 Å². The second-order valence-electron chi connectivity index (χ2n) is 4.69. The second-order valence-corrected chi connectivity index (χ2v) is 6.85. The van der Waals surface area contributed by atoms with Gasteiger partial charge in [0.25, 0.3) is 0 Å². The molecule has 0 spiro atoms. The first-order chi connectivity index (χ1) is 9.55. The van der Waals surface area contributed by atoms with Crippen molar-refractivity contribution < 1.29 is 17.9 Å². The Morgan fingerprint density at radius 3 is 2.55 bits per heavy atom. The van der Waals surface area contributed by atoms with Crippen molar-refractivity contribution in [2.45, 2.75) is 36.3 Å². The highest BCUT2D eigenvalue weighted by Crippen LogP contribution is 2.24. The fourth-order valence-corrected chi connectivity index (χ4v) is 3.87. The summed E-state index contributed by atoms with van der Waals surface area (Å²) in [6, 6.07) is 5.95. The number of esters is 1. The highest BCUT2D eigenvalue weighted by molar-refractivity contribution is 7.92. The van der Waals surface area contributed by atoms with Crippen LogP contribution in [0.2, 0.25) is 0 Å². The number of ether oxygens (including phenoxy) is 1. The molecular formula is C15H18O4S. The third-order valence-electron chi connectivity index (χ3n) is 3.30. The van der Waals surface area contributed by atoms with Crippen LogP contribution in [0.1, 0.15) is 36.5 Å². The molecular weight excluding hydrogens is 276 g/mol. The molecule has 20 heavy (non-hydrogen) atoms. The molecule has 1 aromatic rings. The number of carbonyl (C=O) groups excluding carboxylic acids is 1. The quantitative estimate of drug-likeness (QED) is 0.633. The number of rotatable bonds is 4. The van der Waals surface area contributed by atoms with Crippen molar-refractivity contribution in [2.75, 3.05) is 6.61 Å². The van der Waals surface area contributed by atoms with Crippen molar-refractivity contribution in [1.29, 1.82) is 0 Å². The predicted molar refractivity (Wildman–Crippen MR) is 76.4 cm³/mol. The van der Waals surface area contributed by atoms with Crippen LogP contribution in [0.15, 0.2) is 41.3 Å². The van der Waals surface area contributed by atoms with E-state index in [1.54, 1.807) is 13.0 Å². The molecule has 0 saturated heterocycles. The van der Waals surface area contributed by atoms with Crippen molar-refractivity contribution in [1.82, 2.24) is 0 Å². The monoisotopic (exact) mass is 294 g/mol. The van der Waals surface area contributed by atoms with Crippen LogP contribution < -0.4 is 0 Å². The summed E-state index contributed by atoms with van der Waals surface area (Å²) in [5.41, 5.74) is 0.366. The molecule has 1 atom stereocenters. The summed E-state index contributed by atoms with van der Waals surface area (Å²) in [6.07, 6.45) is 6.16. The first-order valence-corrected chi connectivity index (χ1v) is 8.28. The lowest BCUT2D eigenvalue weighted by Crippen LogP contribution is -2.21. The van der Waals surface area contributed by atoms with Gasteiger partial charge in [-0.05, 0) is 50.5 Å². The van der Waals surface area contributed by atoms with Gasteiger partial charge in [-0.1, -0.05) is 12.2 Å². The minimum Gasteiger partial charge on any atom is -0.462 e. The highest BCUT2D eigenvalue weighted by atomic mass is 32.2. The van der Waals surface area contributed by atoms with Crippen LogP contribution in [0, 0.1) is 0 Å². The fourth-order valence-electron chi connectivity index (χ4n) is 2.21. The molecule has 0 amide bonds. The summed E-state index contributed by atoms with van der Waals surface area (Å²) in [5, 5.41) is -0.454. The third-order valence-corrected chi connectivity index (χ3v) is 5.42. The molecule has 0 aromatic heterocycles. The lowest BCUT2D eigenvalue weighted by molar-refractivity contribution is 0.0526. The Morgan fingerprint density at radius 2 is 2.00 bits per heavy atom. The number of hydrogen-bond acceptors (Lipinski definition) is 4. The third kappa shape index (κ3) is 3.10. The SMILES string of the molecule is CCOC(=O)c1ccc(S(=O)(=O)C2C=CCCC2)cc1. The maximum Gasteiger partial charge on any atom is 0.338 e. The zero-order chi connectivity index (χ0) is 14.6. The van der Waals surface area contributed by atoms with E-state index in [0.717, 1.165) is 12.8 Å². The fraction of sp³-hybridized carbons (Fsp3) is 0.400. The van der Waals surface area contributed by atoms with Gasteiger partial charge >= 0.3 is 5.97 Å². The zero-order valence-electron chi connectivity index (χ0n) is 11.4. The first kappa shape index (κ1) is 14.8. The molecule has 0 N–H and O–H groups in total. The van der Waals surface area contributed by atoms with Crippen LogP contribution >= 0.6 is 0 Å². The van der Waals surface area contributed by atoms with Crippen LogP contribution in [0.5, 0.6) is 0 Å². The highest BCUT2D eigenvalue weighted by Gasteiger charge is 2.26. The molecule has 2 rings (SSSR count).